The summed E-state index contributed by atoms with van der Waals surface area (Å²) in [5.74, 6) is 5.68. The third-order valence-electron chi connectivity index (χ3n) is 3.46. The Morgan fingerprint density at radius 1 is 1.33 bits per heavy atom. The summed E-state index contributed by atoms with van der Waals surface area (Å²) < 4.78 is 0. The van der Waals surface area contributed by atoms with E-state index in [9.17, 15) is 4.79 Å². The molecule has 1 saturated heterocycles. The van der Waals surface area contributed by atoms with Crippen LogP contribution in [0.1, 0.15) is 23.2 Å². The Kier molecular flexibility index (Phi) is 4.17. The summed E-state index contributed by atoms with van der Waals surface area (Å²) in [5.41, 5.74) is 3.99. The van der Waals surface area contributed by atoms with Crippen LogP contribution in [0.15, 0.2) is 24.3 Å². The maximum absolute atomic E-state index is 12.2. The topological polar surface area (TPSA) is 78.6 Å². The molecule has 0 atom stereocenters. The maximum atomic E-state index is 12.2. The molecule has 4 N–H and O–H groups in total. The monoisotopic (exact) mass is 249 g/mol. The highest BCUT2D eigenvalue weighted by molar-refractivity contribution is 5.94. The number of carbonyl (C=O) groups excluding carboxylic acids is 1. The van der Waals surface area contributed by atoms with Gasteiger partial charge >= 0.3 is 0 Å². The lowest BCUT2D eigenvalue weighted by Crippen LogP contribution is -2.39. The second kappa shape index (κ2) is 5.84. The average molecular weight is 249 g/mol. The molecule has 0 aromatic heterocycles. The van der Waals surface area contributed by atoms with E-state index in [1.54, 1.807) is 24.3 Å². The van der Waals surface area contributed by atoms with E-state index >= 15 is 0 Å². The van der Waals surface area contributed by atoms with Gasteiger partial charge < -0.3 is 15.4 Å². The number of rotatable bonds is 3. The van der Waals surface area contributed by atoms with Crippen LogP contribution in [0.2, 0.25) is 0 Å². The molecule has 2 rings (SSSR count). The van der Waals surface area contributed by atoms with Gasteiger partial charge in [-0.05, 0) is 43.0 Å². The van der Waals surface area contributed by atoms with Crippen molar-refractivity contribution in [1.29, 1.82) is 0 Å². The fraction of sp³-hybridized carbons (Fsp3) is 0.462. The number of carbonyl (C=O) groups is 1. The number of nitrogens with one attached hydrogen (secondary N) is 1. The van der Waals surface area contributed by atoms with E-state index < -0.39 is 0 Å². The van der Waals surface area contributed by atoms with E-state index in [1.165, 1.54) is 0 Å². The number of amides is 1. The van der Waals surface area contributed by atoms with Crippen molar-refractivity contribution >= 4 is 11.6 Å². The van der Waals surface area contributed by atoms with Crippen molar-refractivity contribution < 1.29 is 9.90 Å². The molecule has 0 aliphatic carbocycles. The zero-order valence-corrected chi connectivity index (χ0v) is 10.3. The Labute approximate surface area is 107 Å². The molecule has 0 unspecified atom stereocenters. The van der Waals surface area contributed by atoms with Crippen LogP contribution in [0, 0.1) is 5.92 Å². The van der Waals surface area contributed by atoms with E-state index in [1.807, 2.05) is 4.90 Å². The van der Waals surface area contributed by atoms with Gasteiger partial charge in [-0.25, -0.2) is 0 Å². The second-order valence-electron chi connectivity index (χ2n) is 4.64. The van der Waals surface area contributed by atoms with Gasteiger partial charge in [0, 0.05) is 30.9 Å². The Morgan fingerprint density at radius 3 is 2.44 bits per heavy atom. The van der Waals surface area contributed by atoms with Crippen molar-refractivity contribution in [2.45, 2.75) is 12.8 Å². The van der Waals surface area contributed by atoms with Crippen molar-refractivity contribution in [3.63, 3.8) is 0 Å². The van der Waals surface area contributed by atoms with Gasteiger partial charge in [0.05, 0.1) is 0 Å². The lowest BCUT2D eigenvalue weighted by Gasteiger charge is -2.31. The highest BCUT2D eigenvalue weighted by Gasteiger charge is 2.22. The van der Waals surface area contributed by atoms with Crippen LogP contribution < -0.4 is 11.3 Å². The summed E-state index contributed by atoms with van der Waals surface area (Å²) in [7, 11) is 0. The largest absolute Gasteiger partial charge is 0.396 e. The molecule has 1 aromatic rings. The van der Waals surface area contributed by atoms with Gasteiger partial charge in [-0.15, -0.1) is 0 Å². The number of aliphatic hydroxyl groups is 1. The van der Waals surface area contributed by atoms with Crippen LogP contribution in [0.5, 0.6) is 0 Å². The minimum Gasteiger partial charge on any atom is -0.396 e. The smallest absolute Gasteiger partial charge is 0.253 e. The van der Waals surface area contributed by atoms with Crippen molar-refractivity contribution in [2.75, 3.05) is 25.1 Å². The molecule has 1 amide bonds. The number of benzene rings is 1. The lowest BCUT2D eigenvalue weighted by atomic mass is 9.97. The van der Waals surface area contributed by atoms with Crippen molar-refractivity contribution in [1.82, 2.24) is 4.90 Å². The number of hydrazine groups is 1. The van der Waals surface area contributed by atoms with E-state index in [0.717, 1.165) is 31.6 Å². The van der Waals surface area contributed by atoms with Crippen molar-refractivity contribution in [2.24, 2.45) is 11.8 Å². The maximum Gasteiger partial charge on any atom is 0.253 e. The number of nitrogens with two attached hydrogens (primary N) is 1. The van der Waals surface area contributed by atoms with Crippen molar-refractivity contribution in [3.8, 4) is 0 Å². The summed E-state index contributed by atoms with van der Waals surface area (Å²) >= 11 is 0. The molecule has 1 heterocycles. The lowest BCUT2D eigenvalue weighted by molar-refractivity contribution is 0.0651. The summed E-state index contributed by atoms with van der Waals surface area (Å²) in [6, 6.07) is 7.12. The van der Waals surface area contributed by atoms with Crippen molar-refractivity contribution in [3.05, 3.63) is 29.8 Å². The highest BCUT2D eigenvalue weighted by atomic mass is 16.3. The number of piperidine rings is 1. The quantitative estimate of drug-likeness (QED) is 0.547. The van der Waals surface area contributed by atoms with Crippen LogP contribution in [-0.2, 0) is 0 Å². The molecule has 0 spiro atoms. The Balaban J connectivity index is 1.98. The third kappa shape index (κ3) is 2.80. The van der Waals surface area contributed by atoms with Gasteiger partial charge in [-0.1, -0.05) is 0 Å². The normalized spacial score (nSPS) is 16.7. The number of nitrogens with zero attached hydrogens (tertiary/aromatic N) is 1. The number of likely N-dealkylation sites (tertiary alicyclic amines) is 1. The first-order chi connectivity index (χ1) is 8.74. The fourth-order valence-electron chi connectivity index (χ4n) is 2.21. The molecule has 1 aliphatic heterocycles. The first kappa shape index (κ1) is 12.9. The Hall–Kier alpha value is -1.59. The van der Waals surface area contributed by atoms with Crippen LogP contribution in [0.3, 0.4) is 0 Å². The minimum atomic E-state index is 0.0509. The predicted molar refractivity (Wildman–Crippen MR) is 70.0 cm³/mol. The molecule has 0 bridgehead atoms. The zero-order valence-electron chi connectivity index (χ0n) is 10.3. The molecule has 5 nitrogen and oxygen atoms in total. The second-order valence-corrected chi connectivity index (χ2v) is 4.64. The molecular weight excluding hydrogens is 230 g/mol. The number of hydrogen-bond donors (Lipinski definition) is 3. The Bertz CT molecular complexity index is 397. The molecule has 0 radical (unpaired) electrons. The standard InChI is InChI=1S/C13H19N3O2/c14-15-12-3-1-11(2-4-12)13(18)16-7-5-10(9-17)6-8-16/h1-4,10,15,17H,5-9,14H2. The molecule has 5 heteroatoms. The number of hydrogen-bond acceptors (Lipinski definition) is 4. The first-order valence-electron chi connectivity index (χ1n) is 6.21. The predicted octanol–water partition coefficient (Wildman–Crippen LogP) is 0.817. The number of nitrogen functional groups attached to an aromatic ring is 1. The van der Waals surface area contributed by atoms with E-state index in [0.29, 0.717) is 11.5 Å². The fourth-order valence-corrected chi connectivity index (χ4v) is 2.21. The summed E-state index contributed by atoms with van der Waals surface area (Å²) in [4.78, 5) is 14.1. The average Bonchev–Trinajstić information content (AvgIpc) is 2.47. The molecule has 1 aromatic carbocycles. The van der Waals surface area contributed by atoms with Gasteiger partial charge in [0.25, 0.3) is 5.91 Å². The van der Waals surface area contributed by atoms with Crippen LogP contribution in [-0.4, -0.2) is 35.6 Å². The number of anilines is 1. The van der Waals surface area contributed by atoms with Gasteiger partial charge in [0.1, 0.15) is 0 Å². The zero-order chi connectivity index (χ0) is 13.0. The SMILES string of the molecule is NNc1ccc(C(=O)N2CCC(CO)CC2)cc1. The van der Waals surface area contributed by atoms with E-state index in [2.05, 4.69) is 5.43 Å². The molecule has 1 fully saturated rings. The molecule has 1 aliphatic rings. The third-order valence-corrected chi connectivity index (χ3v) is 3.46. The van der Waals surface area contributed by atoms with Gasteiger partial charge in [0.15, 0.2) is 0 Å². The summed E-state index contributed by atoms with van der Waals surface area (Å²) in [5, 5.41) is 9.07. The number of aliphatic hydroxyl groups excluding tert-OH is 1. The van der Waals surface area contributed by atoms with Gasteiger partial charge in [-0.3, -0.25) is 10.6 Å². The molecule has 0 saturated carbocycles. The Morgan fingerprint density at radius 2 is 1.94 bits per heavy atom. The van der Waals surface area contributed by atoms with Gasteiger partial charge in [0.2, 0.25) is 0 Å². The molecule has 98 valence electrons. The van der Waals surface area contributed by atoms with E-state index in [4.69, 9.17) is 10.9 Å². The van der Waals surface area contributed by atoms with Gasteiger partial charge in [-0.2, -0.15) is 0 Å². The van der Waals surface area contributed by atoms with E-state index in [-0.39, 0.29) is 12.5 Å². The minimum absolute atomic E-state index is 0.0509. The first-order valence-corrected chi connectivity index (χ1v) is 6.21. The summed E-state index contributed by atoms with van der Waals surface area (Å²) in [6.45, 7) is 1.67. The van der Waals surface area contributed by atoms with Crippen LogP contribution in [0.25, 0.3) is 0 Å². The highest BCUT2D eigenvalue weighted by Crippen LogP contribution is 2.19. The molecule has 18 heavy (non-hydrogen) atoms. The summed E-state index contributed by atoms with van der Waals surface area (Å²) in [6.07, 6.45) is 1.76. The van der Waals surface area contributed by atoms with Crippen LogP contribution >= 0.6 is 0 Å². The van der Waals surface area contributed by atoms with Crippen LogP contribution in [0.4, 0.5) is 5.69 Å². The molecular formula is C13H19N3O2.